The summed E-state index contributed by atoms with van der Waals surface area (Å²) >= 11 is 0. The van der Waals surface area contributed by atoms with E-state index in [9.17, 15) is 10.1 Å². The third kappa shape index (κ3) is 5.40. The summed E-state index contributed by atoms with van der Waals surface area (Å²) in [5.41, 5.74) is 0.904. The predicted octanol–water partition coefficient (Wildman–Crippen LogP) is 3.44. The van der Waals surface area contributed by atoms with Gasteiger partial charge in [-0.15, -0.1) is 6.58 Å². The molecule has 0 saturated carbocycles. The minimum atomic E-state index is -0.391. The average Bonchev–Trinajstić information content (AvgIpc) is 2.44. The van der Waals surface area contributed by atoms with Crippen molar-refractivity contribution >= 4 is 5.69 Å². The summed E-state index contributed by atoms with van der Waals surface area (Å²) in [5, 5.41) is 13.8. The highest BCUT2D eigenvalue weighted by atomic mass is 16.6. The maximum absolute atomic E-state index is 10.8. The number of non-ortho nitro benzene ring substituents is 1. The SMILES string of the molecule is C=CCCCCCOc1ccc([N+](=O)[O-])cc1CNC. The number of unbranched alkanes of at least 4 members (excludes halogenated alkanes) is 3. The summed E-state index contributed by atoms with van der Waals surface area (Å²) in [7, 11) is 1.80. The van der Waals surface area contributed by atoms with E-state index < -0.39 is 4.92 Å². The van der Waals surface area contributed by atoms with Crippen LogP contribution in [0, 0.1) is 10.1 Å². The second kappa shape index (κ2) is 9.09. The van der Waals surface area contributed by atoms with Crippen LogP contribution in [0.15, 0.2) is 30.9 Å². The molecule has 110 valence electrons. The molecule has 5 nitrogen and oxygen atoms in total. The molecule has 0 amide bonds. The van der Waals surface area contributed by atoms with Gasteiger partial charge in [-0.1, -0.05) is 6.08 Å². The van der Waals surface area contributed by atoms with Crippen molar-refractivity contribution < 1.29 is 9.66 Å². The van der Waals surface area contributed by atoms with Crippen molar-refractivity contribution in [3.8, 4) is 5.75 Å². The minimum Gasteiger partial charge on any atom is -0.493 e. The van der Waals surface area contributed by atoms with Crippen LogP contribution in [0.3, 0.4) is 0 Å². The summed E-state index contributed by atoms with van der Waals surface area (Å²) in [6.45, 7) is 4.87. The van der Waals surface area contributed by atoms with Gasteiger partial charge in [0.25, 0.3) is 5.69 Å². The van der Waals surface area contributed by atoms with Gasteiger partial charge in [-0.3, -0.25) is 10.1 Å². The fourth-order valence-corrected chi connectivity index (χ4v) is 1.90. The molecule has 0 aromatic heterocycles. The molecule has 0 aliphatic heterocycles. The van der Waals surface area contributed by atoms with Gasteiger partial charge in [0.2, 0.25) is 0 Å². The Morgan fingerprint density at radius 1 is 1.40 bits per heavy atom. The van der Waals surface area contributed by atoms with E-state index in [-0.39, 0.29) is 5.69 Å². The third-order valence-electron chi connectivity index (χ3n) is 2.93. The number of allylic oxidation sites excluding steroid dienone is 1. The maximum atomic E-state index is 10.8. The molecule has 5 heteroatoms. The molecule has 0 atom stereocenters. The number of hydrogen-bond acceptors (Lipinski definition) is 4. The summed E-state index contributed by atoms with van der Waals surface area (Å²) in [4.78, 5) is 10.4. The van der Waals surface area contributed by atoms with Gasteiger partial charge in [0.05, 0.1) is 11.5 Å². The Labute approximate surface area is 119 Å². The van der Waals surface area contributed by atoms with Gasteiger partial charge in [-0.2, -0.15) is 0 Å². The monoisotopic (exact) mass is 278 g/mol. The molecule has 1 aromatic rings. The first-order valence-corrected chi connectivity index (χ1v) is 6.84. The first-order chi connectivity index (χ1) is 9.69. The molecule has 1 rings (SSSR count). The van der Waals surface area contributed by atoms with E-state index in [1.165, 1.54) is 6.07 Å². The lowest BCUT2D eigenvalue weighted by Gasteiger charge is -2.11. The zero-order valence-electron chi connectivity index (χ0n) is 11.9. The number of nitro benzene ring substituents is 1. The average molecular weight is 278 g/mol. The highest BCUT2D eigenvalue weighted by Crippen LogP contribution is 2.24. The van der Waals surface area contributed by atoms with Gasteiger partial charge >= 0.3 is 0 Å². The Balaban J connectivity index is 2.55. The second-order valence-corrected chi connectivity index (χ2v) is 4.57. The molecule has 0 spiro atoms. The van der Waals surface area contributed by atoms with Gasteiger partial charge in [-0.25, -0.2) is 0 Å². The van der Waals surface area contributed by atoms with E-state index in [4.69, 9.17) is 4.74 Å². The van der Waals surface area contributed by atoms with Crippen molar-refractivity contribution in [1.29, 1.82) is 0 Å². The van der Waals surface area contributed by atoms with Crippen LogP contribution < -0.4 is 10.1 Å². The highest BCUT2D eigenvalue weighted by molar-refractivity contribution is 5.43. The van der Waals surface area contributed by atoms with E-state index in [0.717, 1.165) is 31.2 Å². The second-order valence-electron chi connectivity index (χ2n) is 4.57. The summed E-state index contributed by atoms with van der Waals surface area (Å²) in [6.07, 6.45) is 6.14. The standard InChI is InChI=1S/C15H22N2O3/c1-3-4-5-6-7-10-20-15-9-8-14(17(18)19)11-13(15)12-16-2/h3,8-9,11,16H,1,4-7,10,12H2,2H3. The van der Waals surface area contributed by atoms with E-state index in [1.807, 2.05) is 6.08 Å². The van der Waals surface area contributed by atoms with Crippen molar-refractivity contribution in [2.24, 2.45) is 0 Å². The molecular weight excluding hydrogens is 256 g/mol. The largest absolute Gasteiger partial charge is 0.493 e. The van der Waals surface area contributed by atoms with Crippen LogP contribution in [0.5, 0.6) is 5.75 Å². The van der Waals surface area contributed by atoms with Crippen LogP contribution in [-0.2, 0) is 6.54 Å². The Morgan fingerprint density at radius 3 is 2.85 bits per heavy atom. The Hall–Kier alpha value is -1.88. The number of benzene rings is 1. The number of rotatable bonds is 10. The molecular formula is C15H22N2O3. The number of nitrogens with zero attached hydrogens (tertiary/aromatic N) is 1. The molecule has 0 unspecified atom stereocenters. The Bertz CT molecular complexity index is 447. The number of nitrogens with one attached hydrogen (secondary N) is 1. The van der Waals surface area contributed by atoms with Crippen LogP contribution >= 0.6 is 0 Å². The molecule has 20 heavy (non-hydrogen) atoms. The van der Waals surface area contributed by atoms with Crippen molar-refractivity contribution in [2.45, 2.75) is 32.2 Å². The molecule has 0 fully saturated rings. The number of ether oxygens (including phenoxy) is 1. The van der Waals surface area contributed by atoms with Gasteiger partial charge < -0.3 is 10.1 Å². The first-order valence-electron chi connectivity index (χ1n) is 6.84. The summed E-state index contributed by atoms with van der Waals surface area (Å²) < 4.78 is 5.72. The number of hydrogen-bond donors (Lipinski definition) is 1. The molecule has 1 aromatic carbocycles. The molecule has 0 aliphatic carbocycles. The first kappa shape index (κ1) is 16.2. The Kier molecular flexibility index (Phi) is 7.35. The van der Waals surface area contributed by atoms with Crippen LogP contribution in [-0.4, -0.2) is 18.6 Å². The Morgan fingerprint density at radius 2 is 2.20 bits per heavy atom. The van der Waals surface area contributed by atoms with Crippen molar-refractivity contribution in [3.05, 3.63) is 46.5 Å². The van der Waals surface area contributed by atoms with Gasteiger partial charge in [0, 0.05) is 24.2 Å². The van der Waals surface area contributed by atoms with Crippen molar-refractivity contribution in [3.63, 3.8) is 0 Å². The van der Waals surface area contributed by atoms with Crippen LogP contribution in [0.1, 0.15) is 31.2 Å². The lowest BCUT2D eigenvalue weighted by molar-refractivity contribution is -0.384. The van der Waals surface area contributed by atoms with E-state index in [1.54, 1.807) is 19.2 Å². The topological polar surface area (TPSA) is 64.4 Å². The highest BCUT2D eigenvalue weighted by Gasteiger charge is 2.11. The molecule has 0 aliphatic rings. The molecule has 0 saturated heterocycles. The predicted molar refractivity (Wildman–Crippen MR) is 80.0 cm³/mol. The number of nitro groups is 1. The van der Waals surface area contributed by atoms with Gasteiger partial charge in [-0.05, 0) is 38.8 Å². The van der Waals surface area contributed by atoms with Crippen LogP contribution in [0.25, 0.3) is 0 Å². The lowest BCUT2D eigenvalue weighted by Crippen LogP contribution is -2.08. The lowest BCUT2D eigenvalue weighted by atomic mass is 10.1. The fourth-order valence-electron chi connectivity index (χ4n) is 1.90. The summed E-state index contributed by atoms with van der Waals surface area (Å²) in [6, 6.07) is 4.71. The minimum absolute atomic E-state index is 0.0913. The van der Waals surface area contributed by atoms with E-state index >= 15 is 0 Å². The normalized spacial score (nSPS) is 10.2. The molecule has 1 N–H and O–H groups in total. The van der Waals surface area contributed by atoms with Crippen LogP contribution in [0.2, 0.25) is 0 Å². The van der Waals surface area contributed by atoms with Gasteiger partial charge in [0.1, 0.15) is 5.75 Å². The van der Waals surface area contributed by atoms with Crippen molar-refractivity contribution in [1.82, 2.24) is 5.32 Å². The molecule has 0 heterocycles. The van der Waals surface area contributed by atoms with Gasteiger partial charge in [0.15, 0.2) is 0 Å². The van der Waals surface area contributed by atoms with Crippen molar-refractivity contribution in [2.75, 3.05) is 13.7 Å². The smallest absolute Gasteiger partial charge is 0.270 e. The maximum Gasteiger partial charge on any atom is 0.270 e. The quantitative estimate of drug-likeness (QED) is 0.308. The van der Waals surface area contributed by atoms with E-state index in [0.29, 0.717) is 18.9 Å². The molecule has 0 bridgehead atoms. The van der Waals surface area contributed by atoms with E-state index in [2.05, 4.69) is 11.9 Å². The zero-order chi connectivity index (χ0) is 14.8. The van der Waals surface area contributed by atoms with Crippen LogP contribution in [0.4, 0.5) is 5.69 Å². The zero-order valence-corrected chi connectivity index (χ0v) is 11.9. The summed E-state index contributed by atoms with van der Waals surface area (Å²) in [5.74, 6) is 0.716. The fraction of sp³-hybridized carbons (Fsp3) is 0.467. The molecule has 0 radical (unpaired) electrons. The third-order valence-corrected chi connectivity index (χ3v) is 2.93.